The Labute approximate surface area is 117 Å². The largest absolute Gasteiger partial charge is 0.436 e. The summed E-state index contributed by atoms with van der Waals surface area (Å²) in [6.45, 7) is 4.56. The normalized spacial score (nSPS) is 13.6. The maximum atomic E-state index is 8.73. The number of hydrogen-bond donors (Lipinski definition) is 0. The Bertz CT molecular complexity index is 456. The summed E-state index contributed by atoms with van der Waals surface area (Å²) < 4.78 is 11.4. The molecular weight excluding hydrogens is 285 g/mol. The fraction of sp³-hybridized carbons (Fsp3) is 0.417. The average molecular weight is 301 g/mol. The van der Waals surface area contributed by atoms with Gasteiger partial charge in [0.2, 0.25) is 0 Å². The first-order valence-electron chi connectivity index (χ1n) is 5.72. The molecule has 0 aliphatic carbocycles. The van der Waals surface area contributed by atoms with Crippen molar-refractivity contribution in [2.24, 2.45) is 0 Å². The lowest BCUT2D eigenvalue weighted by atomic mass is 10.2. The molecule has 98 valence electrons. The highest BCUT2D eigenvalue weighted by Gasteiger charge is 2.20. The number of rotatable bonds is 7. The van der Waals surface area contributed by atoms with Gasteiger partial charge in [0.05, 0.1) is 18.2 Å². The van der Waals surface area contributed by atoms with Crippen LogP contribution in [0, 0.1) is 11.3 Å². The highest BCUT2D eigenvalue weighted by molar-refractivity contribution is 8.68. The Morgan fingerprint density at radius 1 is 1.33 bits per heavy atom. The van der Waals surface area contributed by atoms with Crippen LogP contribution in [0.4, 0.5) is 0 Å². The van der Waals surface area contributed by atoms with E-state index in [1.54, 1.807) is 35.6 Å². The fourth-order valence-corrected chi connectivity index (χ4v) is 5.87. The van der Waals surface area contributed by atoms with Crippen molar-refractivity contribution in [2.75, 3.05) is 12.4 Å². The zero-order chi connectivity index (χ0) is 13.4. The van der Waals surface area contributed by atoms with Crippen molar-refractivity contribution in [1.82, 2.24) is 0 Å². The Morgan fingerprint density at radius 2 is 2.00 bits per heavy atom. The quantitative estimate of drug-likeness (QED) is 0.701. The van der Waals surface area contributed by atoms with Crippen LogP contribution in [0.15, 0.2) is 24.3 Å². The van der Waals surface area contributed by atoms with Crippen LogP contribution in [-0.2, 0) is 16.3 Å². The van der Waals surface area contributed by atoms with Crippen LogP contribution in [0.2, 0.25) is 0 Å². The van der Waals surface area contributed by atoms with Crippen LogP contribution in [0.1, 0.15) is 25.8 Å². The number of hydrogen-bond acceptors (Lipinski definition) is 5. The van der Waals surface area contributed by atoms with Gasteiger partial charge < -0.3 is 9.05 Å². The molecule has 0 saturated carbocycles. The first-order valence-corrected chi connectivity index (χ1v) is 9.95. The van der Waals surface area contributed by atoms with E-state index in [-0.39, 0.29) is 0 Å². The molecule has 1 aromatic carbocycles. The molecule has 0 amide bonds. The van der Waals surface area contributed by atoms with Gasteiger partial charge in [-0.3, -0.25) is 0 Å². The molecule has 0 heterocycles. The van der Waals surface area contributed by atoms with Gasteiger partial charge in [-0.1, -0.05) is 18.3 Å². The van der Waals surface area contributed by atoms with Crippen molar-refractivity contribution in [2.45, 2.75) is 20.3 Å². The zero-order valence-corrected chi connectivity index (χ0v) is 13.0. The van der Waals surface area contributed by atoms with Crippen molar-refractivity contribution in [3.8, 4) is 11.8 Å². The topological polar surface area (TPSA) is 42.2 Å². The summed E-state index contributed by atoms with van der Waals surface area (Å²) in [6, 6.07) is 9.01. The lowest BCUT2D eigenvalue weighted by Crippen LogP contribution is -1.95. The monoisotopic (exact) mass is 301 g/mol. The van der Waals surface area contributed by atoms with Crippen LogP contribution in [0.5, 0.6) is 5.75 Å². The van der Waals surface area contributed by atoms with Crippen LogP contribution < -0.4 is 4.52 Å². The number of benzene rings is 1. The Kier molecular flexibility index (Phi) is 6.73. The molecule has 0 spiro atoms. The van der Waals surface area contributed by atoms with Crippen LogP contribution in [0.25, 0.3) is 0 Å². The standard InChI is InChI=1S/C12H16NO2PS2/c1-3-9-18-16(17,14-4-2)15-12-7-5-11(10-13)6-8-12/h5-8H,3-4,9H2,1-2H3. The molecule has 3 nitrogen and oxygen atoms in total. The highest BCUT2D eigenvalue weighted by atomic mass is 32.9. The summed E-state index contributed by atoms with van der Waals surface area (Å²) in [4.78, 5) is 0. The van der Waals surface area contributed by atoms with Gasteiger partial charge in [-0.2, -0.15) is 5.26 Å². The van der Waals surface area contributed by atoms with Crippen molar-refractivity contribution < 1.29 is 9.05 Å². The van der Waals surface area contributed by atoms with Crippen molar-refractivity contribution >= 4 is 28.9 Å². The molecule has 0 fully saturated rings. The predicted molar refractivity (Wildman–Crippen MR) is 80.4 cm³/mol. The molecule has 18 heavy (non-hydrogen) atoms. The van der Waals surface area contributed by atoms with Crippen LogP contribution in [0.3, 0.4) is 0 Å². The highest BCUT2D eigenvalue weighted by Crippen LogP contribution is 2.60. The van der Waals surface area contributed by atoms with E-state index in [1.807, 2.05) is 6.92 Å². The van der Waals surface area contributed by atoms with Gasteiger partial charge in [0.15, 0.2) is 0 Å². The molecule has 0 N–H and O–H groups in total. The Hall–Kier alpha value is -0.530. The lowest BCUT2D eigenvalue weighted by molar-refractivity contribution is 0.344. The molecule has 0 saturated heterocycles. The minimum Gasteiger partial charge on any atom is -0.436 e. The van der Waals surface area contributed by atoms with Crippen molar-refractivity contribution in [3.63, 3.8) is 0 Å². The second-order valence-electron chi connectivity index (χ2n) is 3.43. The first-order chi connectivity index (χ1) is 8.63. The van der Waals surface area contributed by atoms with E-state index in [4.69, 9.17) is 26.1 Å². The van der Waals surface area contributed by atoms with Gasteiger partial charge in [-0.05, 0) is 49.4 Å². The minimum absolute atomic E-state index is 0.546. The molecule has 0 radical (unpaired) electrons. The second kappa shape index (κ2) is 7.81. The average Bonchev–Trinajstić information content (AvgIpc) is 2.38. The van der Waals surface area contributed by atoms with Gasteiger partial charge in [-0.25, -0.2) is 0 Å². The van der Waals surface area contributed by atoms with Gasteiger partial charge in [-0.15, -0.1) is 0 Å². The lowest BCUT2D eigenvalue weighted by Gasteiger charge is -2.21. The Morgan fingerprint density at radius 3 is 2.50 bits per heavy atom. The van der Waals surface area contributed by atoms with Crippen molar-refractivity contribution in [3.05, 3.63) is 29.8 Å². The van der Waals surface area contributed by atoms with Gasteiger partial charge in [0.25, 0.3) is 5.69 Å². The minimum atomic E-state index is -2.31. The summed E-state index contributed by atoms with van der Waals surface area (Å²) in [5.41, 5.74) is -1.71. The van der Waals surface area contributed by atoms with E-state index in [1.165, 1.54) is 0 Å². The maximum absolute atomic E-state index is 8.73. The van der Waals surface area contributed by atoms with Gasteiger partial charge in [0.1, 0.15) is 5.75 Å². The first kappa shape index (κ1) is 15.5. The molecule has 1 rings (SSSR count). The predicted octanol–water partition coefficient (Wildman–Crippen LogP) is 4.34. The van der Waals surface area contributed by atoms with E-state index in [0.717, 1.165) is 12.2 Å². The third-order valence-corrected chi connectivity index (χ3v) is 7.38. The molecule has 1 unspecified atom stereocenters. The van der Waals surface area contributed by atoms with E-state index in [2.05, 4.69) is 13.0 Å². The van der Waals surface area contributed by atoms with E-state index < -0.39 is 5.69 Å². The molecule has 0 aliphatic rings. The van der Waals surface area contributed by atoms with Gasteiger partial charge >= 0.3 is 0 Å². The summed E-state index contributed by atoms with van der Waals surface area (Å²) in [7, 11) is 0. The smallest absolute Gasteiger partial charge is 0.297 e. The SMILES string of the molecule is CCCSP(=S)(OCC)Oc1ccc(C#N)cc1. The molecule has 1 aromatic rings. The van der Waals surface area contributed by atoms with Crippen LogP contribution >= 0.6 is 17.1 Å². The molecule has 1 atom stereocenters. The summed E-state index contributed by atoms with van der Waals surface area (Å²) >= 11 is 7.04. The van der Waals surface area contributed by atoms with Crippen molar-refractivity contribution in [1.29, 1.82) is 5.26 Å². The second-order valence-corrected chi connectivity index (χ2v) is 9.78. The zero-order valence-electron chi connectivity index (χ0n) is 10.5. The van der Waals surface area contributed by atoms with E-state index >= 15 is 0 Å². The Balaban J connectivity index is 2.76. The van der Waals surface area contributed by atoms with Gasteiger partial charge in [0, 0.05) is 5.75 Å². The number of nitriles is 1. The molecule has 0 aliphatic heterocycles. The van der Waals surface area contributed by atoms with Crippen LogP contribution in [-0.4, -0.2) is 12.4 Å². The molecule has 0 bridgehead atoms. The molecular formula is C12H16NO2PS2. The fourth-order valence-electron chi connectivity index (χ4n) is 1.17. The summed E-state index contributed by atoms with van der Waals surface area (Å²) in [5.74, 6) is 1.59. The summed E-state index contributed by atoms with van der Waals surface area (Å²) in [6.07, 6.45) is 1.03. The molecule has 6 heteroatoms. The van der Waals surface area contributed by atoms with E-state index in [9.17, 15) is 0 Å². The third-order valence-electron chi connectivity index (χ3n) is 1.94. The van der Waals surface area contributed by atoms with E-state index in [0.29, 0.717) is 17.9 Å². The number of nitrogens with zero attached hydrogens (tertiary/aromatic N) is 1. The summed E-state index contributed by atoms with van der Waals surface area (Å²) in [5, 5.41) is 8.73. The maximum Gasteiger partial charge on any atom is 0.297 e. The third kappa shape index (κ3) is 4.99. The molecule has 0 aromatic heterocycles.